The number of hydrogen-bond acceptors (Lipinski definition) is 1. The first-order chi connectivity index (χ1) is 16.0. The van der Waals surface area contributed by atoms with E-state index in [0.29, 0.717) is 11.5 Å². The van der Waals surface area contributed by atoms with Gasteiger partial charge in [-0.1, -0.05) is 57.2 Å². The molecule has 0 atom stereocenters. The van der Waals surface area contributed by atoms with Crippen molar-refractivity contribution in [2.45, 2.75) is 101 Å². The molecule has 0 aromatic heterocycles. The Morgan fingerprint density at radius 2 is 1.41 bits per heavy atom. The average molecular weight is 513 g/mol. The third-order valence-electron chi connectivity index (χ3n) is 7.85. The lowest BCUT2D eigenvalue weighted by Crippen LogP contribution is -2.42. The normalized spacial score (nSPS) is 26.5. The van der Waals surface area contributed by atoms with Gasteiger partial charge in [-0.25, -0.2) is 8.78 Å². The van der Waals surface area contributed by atoms with Gasteiger partial charge in [0.25, 0.3) is 0 Å². The van der Waals surface area contributed by atoms with Gasteiger partial charge in [0.05, 0.1) is 0 Å². The van der Waals surface area contributed by atoms with Crippen LogP contribution >= 0.6 is 0 Å². The molecule has 0 N–H and O–H groups in total. The lowest BCUT2D eigenvalue weighted by molar-refractivity contribution is -0.290. The Labute approximate surface area is 199 Å². The molecule has 194 valence electrons. The monoisotopic (exact) mass is 512 g/mol. The zero-order valence-electron chi connectivity index (χ0n) is 19.7. The first kappa shape index (κ1) is 27.3. The zero-order valence-corrected chi connectivity index (χ0v) is 20.9. The summed E-state index contributed by atoms with van der Waals surface area (Å²) in [5.41, 5.74) is 0.412. The summed E-state index contributed by atoms with van der Waals surface area (Å²) in [6.45, 7) is 0.0676. The first-order valence-corrected chi connectivity index (χ1v) is 15.0. The topological polar surface area (TPSA) is 9.23 Å². The summed E-state index contributed by atoms with van der Waals surface area (Å²) in [5.74, 6) is -7.55. The van der Waals surface area contributed by atoms with Crippen LogP contribution in [0.1, 0.15) is 76.2 Å². The van der Waals surface area contributed by atoms with Gasteiger partial charge in [-0.3, -0.25) is 0 Å². The Balaban J connectivity index is 1.51. The summed E-state index contributed by atoms with van der Waals surface area (Å²) in [7, 11) is -0.560. The van der Waals surface area contributed by atoms with Gasteiger partial charge in [-0.05, 0) is 61.1 Å². The van der Waals surface area contributed by atoms with Crippen LogP contribution in [0.15, 0.2) is 12.1 Å². The van der Waals surface area contributed by atoms with Crippen LogP contribution in [0.25, 0.3) is 0 Å². The van der Waals surface area contributed by atoms with Crippen LogP contribution in [0.3, 0.4) is 0 Å². The standard InChI is InChI=1S/C25H35F7OSi/c1-2-3-4-11-34-12-9-19(10-13-34)17-5-7-18(8-6-17)20-14-21(26)23(22(27)15-20)33-16-24(28,29)25(30,31)32/h14-15,17-19,34H,2-13,16H2,1H3/t17?,18?,19-,34-. The molecule has 1 nitrogen and oxygen atoms in total. The molecule has 1 aromatic carbocycles. The van der Waals surface area contributed by atoms with Crippen LogP contribution < -0.4 is 4.74 Å². The first-order valence-electron chi connectivity index (χ1n) is 12.6. The quantitative estimate of drug-likeness (QED) is 0.183. The molecule has 3 rings (SSSR count). The van der Waals surface area contributed by atoms with E-state index in [9.17, 15) is 30.7 Å². The maximum atomic E-state index is 14.4. The summed E-state index contributed by atoms with van der Waals surface area (Å²) in [6.07, 6.45) is 4.35. The van der Waals surface area contributed by atoms with Crippen molar-refractivity contribution < 1.29 is 35.5 Å². The minimum Gasteiger partial charge on any atom is -0.481 e. The van der Waals surface area contributed by atoms with E-state index in [1.54, 1.807) is 0 Å². The summed E-state index contributed by atoms with van der Waals surface area (Å²) in [4.78, 5) is 0. The Morgan fingerprint density at radius 3 is 1.94 bits per heavy atom. The van der Waals surface area contributed by atoms with Crippen molar-refractivity contribution in [3.05, 3.63) is 29.3 Å². The smallest absolute Gasteiger partial charge is 0.456 e. The van der Waals surface area contributed by atoms with Gasteiger partial charge in [0.2, 0.25) is 0 Å². The van der Waals surface area contributed by atoms with Crippen LogP contribution in [0.2, 0.25) is 18.1 Å². The van der Waals surface area contributed by atoms with Crippen LogP contribution in [0.5, 0.6) is 5.75 Å². The number of unbranched alkanes of at least 4 members (excludes halogenated alkanes) is 2. The van der Waals surface area contributed by atoms with E-state index in [4.69, 9.17) is 0 Å². The molecule has 1 aliphatic heterocycles. The third-order valence-corrected chi connectivity index (χ3v) is 11.4. The van der Waals surface area contributed by atoms with Gasteiger partial charge in [-0.2, -0.15) is 22.0 Å². The SMILES string of the molecule is CCCCC[Si@H]1CC[C@H](C2CCC(c3cc(F)c(OCC(F)(F)C(F)(F)F)c(F)c3)CC2)CC1. The van der Waals surface area contributed by atoms with Crippen molar-refractivity contribution in [1.29, 1.82) is 0 Å². The molecule has 1 aliphatic carbocycles. The molecule has 0 unspecified atom stereocenters. The predicted octanol–water partition coefficient (Wildman–Crippen LogP) is 8.64. The maximum absolute atomic E-state index is 14.4. The number of ether oxygens (including phenoxy) is 1. The predicted molar refractivity (Wildman–Crippen MR) is 121 cm³/mol. The molecule has 9 heteroatoms. The van der Waals surface area contributed by atoms with E-state index in [1.165, 1.54) is 50.2 Å². The molecule has 0 amide bonds. The molecule has 1 heterocycles. The Hall–Kier alpha value is -1.25. The molecule has 34 heavy (non-hydrogen) atoms. The van der Waals surface area contributed by atoms with E-state index < -0.39 is 44.9 Å². The highest BCUT2D eigenvalue weighted by molar-refractivity contribution is 6.58. The largest absolute Gasteiger partial charge is 0.481 e. The molecule has 0 spiro atoms. The number of benzene rings is 1. The van der Waals surface area contributed by atoms with E-state index in [0.717, 1.165) is 43.7 Å². The van der Waals surface area contributed by atoms with Crippen molar-refractivity contribution in [2.24, 2.45) is 11.8 Å². The van der Waals surface area contributed by atoms with Gasteiger partial charge in [-0.15, -0.1) is 0 Å². The van der Waals surface area contributed by atoms with Gasteiger partial charge in [0.15, 0.2) is 24.0 Å². The van der Waals surface area contributed by atoms with Gasteiger partial charge >= 0.3 is 12.1 Å². The molecule has 2 fully saturated rings. The second-order valence-electron chi connectivity index (χ2n) is 10.2. The van der Waals surface area contributed by atoms with Crippen LogP contribution in [0.4, 0.5) is 30.7 Å². The molecular formula is C25H35F7OSi. The summed E-state index contributed by atoms with van der Waals surface area (Å²) < 4.78 is 95.9. The fourth-order valence-electron chi connectivity index (χ4n) is 5.75. The van der Waals surface area contributed by atoms with Gasteiger partial charge in [0, 0.05) is 8.80 Å². The van der Waals surface area contributed by atoms with Crippen molar-refractivity contribution in [3.8, 4) is 5.75 Å². The minimum absolute atomic E-state index is 0.0503. The molecule has 1 aromatic rings. The molecule has 0 radical (unpaired) electrons. The van der Waals surface area contributed by atoms with E-state index in [2.05, 4.69) is 11.7 Å². The highest BCUT2D eigenvalue weighted by Crippen LogP contribution is 2.44. The lowest BCUT2D eigenvalue weighted by Gasteiger charge is -2.37. The fraction of sp³-hybridized carbons (Fsp3) is 0.760. The van der Waals surface area contributed by atoms with E-state index in [-0.39, 0.29) is 5.92 Å². The molecular weight excluding hydrogens is 477 g/mol. The zero-order chi connectivity index (χ0) is 24.9. The lowest BCUT2D eigenvalue weighted by atomic mass is 9.72. The van der Waals surface area contributed by atoms with E-state index in [1.807, 2.05) is 0 Å². The number of hydrogen-bond donors (Lipinski definition) is 0. The molecule has 0 bridgehead atoms. The Morgan fingerprint density at radius 1 is 0.853 bits per heavy atom. The van der Waals surface area contributed by atoms with Crippen LogP contribution in [-0.2, 0) is 0 Å². The highest BCUT2D eigenvalue weighted by Gasteiger charge is 2.58. The summed E-state index contributed by atoms with van der Waals surface area (Å²) in [6, 6.07) is 6.36. The van der Waals surface area contributed by atoms with E-state index >= 15 is 0 Å². The van der Waals surface area contributed by atoms with Crippen molar-refractivity contribution in [1.82, 2.24) is 0 Å². The number of halogens is 7. The summed E-state index contributed by atoms with van der Waals surface area (Å²) in [5, 5.41) is 0. The second kappa shape index (κ2) is 11.7. The van der Waals surface area contributed by atoms with Crippen LogP contribution in [0, 0.1) is 23.5 Å². The van der Waals surface area contributed by atoms with Crippen molar-refractivity contribution in [2.75, 3.05) is 6.61 Å². The van der Waals surface area contributed by atoms with Gasteiger partial charge < -0.3 is 4.74 Å². The summed E-state index contributed by atoms with van der Waals surface area (Å²) >= 11 is 0. The number of rotatable bonds is 9. The third kappa shape index (κ3) is 6.91. The fourth-order valence-corrected chi connectivity index (χ4v) is 9.28. The molecule has 2 aliphatic rings. The second-order valence-corrected chi connectivity index (χ2v) is 13.7. The number of alkyl halides is 5. The van der Waals surface area contributed by atoms with Crippen LogP contribution in [-0.4, -0.2) is 27.5 Å². The highest BCUT2D eigenvalue weighted by atomic mass is 28.3. The average Bonchev–Trinajstić information content (AvgIpc) is 2.78. The minimum atomic E-state index is -5.85. The van der Waals surface area contributed by atoms with Crippen molar-refractivity contribution in [3.63, 3.8) is 0 Å². The Kier molecular flexibility index (Phi) is 9.37. The maximum Gasteiger partial charge on any atom is 0.456 e. The Bertz CT molecular complexity index is 759. The molecule has 1 saturated heterocycles. The molecule has 1 saturated carbocycles. The van der Waals surface area contributed by atoms with Gasteiger partial charge in [0.1, 0.15) is 0 Å². The van der Waals surface area contributed by atoms with Crippen molar-refractivity contribution >= 4 is 8.80 Å².